The van der Waals surface area contributed by atoms with E-state index in [4.69, 9.17) is 0 Å². The number of aryl methyl sites for hydroxylation is 1. The summed E-state index contributed by atoms with van der Waals surface area (Å²) in [5.74, 6) is -0.334. The summed E-state index contributed by atoms with van der Waals surface area (Å²) < 4.78 is 2.22. The number of nitrogens with zero attached hydrogens (tertiary/aromatic N) is 3. The third kappa shape index (κ3) is 5.24. The van der Waals surface area contributed by atoms with E-state index in [1.807, 2.05) is 63.4 Å². The number of rotatable bonds is 8. The van der Waals surface area contributed by atoms with Crippen molar-refractivity contribution in [2.45, 2.75) is 33.7 Å². The van der Waals surface area contributed by atoms with Gasteiger partial charge in [-0.1, -0.05) is 25.1 Å². The van der Waals surface area contributed by atoms with Crippen molar-refractivity contribution in [1.29, 1.82) is 5.26 Å². The second kappa shape index (κ2) is 9.63. The molecule has 2 rings (SSSR count). The molecule has 0 aliphatic heterocycles. The first kappa shape index (κ1) is 20.3. The van der Waals surface area contributed by atoms with E-state index in [1.54, 1.807) is 6.08 Å². The number of likely N-dealkylation sites (N-methyl/N-ethyl adjacent to an activating group) is 1. The molecular formula is C22H28N4O. The number of aromatic nitrogens is 1. The Hall–Kier alpha value is -3.00. The lowest BCUT2D eigenvalue weighted by molar-refractivity contribution is -0.116. The zero-order chi connectivity index (χ0) is 19.8. The van der Waals surface area contributed by atoms with E-state index in [0.29, 0.717) is 13.1 Å². The number of anilines is 1. The van der Waals surface area contributed by atoms with Crippen LogP contribution >= 0.6 is 0 Å². The number of hydrogen-bond acceptors (Lipinski definition) is 3. The molecule has 0 radical (unpaired) electrons. The number of benzene rings is 1. The van der Waals surface area contributed by atoms with Crippen LogP contribution < -0.4 is 10.2 Å². The third-order valence-corrected chi connectivity index (χ3v) is 4.65. The van der Waals surface area contributed by atoms with Gasteiger partial charge in [0.25, 0.3) is 5.91 Å². The molecule has 5 heteroatoms. The molecule has 0 fully saturated rings. The summed E-state index contributed by atoms with van der Waals surface area (Å²) in [6.45, 7) is 8.28. The highest BCUT2D eigenvalue weighted by molar-refractivity contribution is 6.01. The summed E-state index contributed by atoms with van der Waals surface area (Å²) in [5, 5.41) is 12.3. The van der Waals surface area contributed by atoms with Crippen molar-refractivity contribution >= 4 is 17.7 Å². The van der Waals surface area contributed by atoms with Gasteiger partial charge in [-0.05, 0) is 50.1 Å². The van der Waals surface area contributed by atoms with Crippen molar-refractivity contribution in [3.05, 3.63) is 58.9 Å². The molecule has 0 bridgehead atoms. The summed E-state index contributed by atoms with van der Waals surface area (Å²) >= 11 is 0. The van der Waals surface area contributed by atoms with Crippen molar-refractivity contribution in [1.82, 2.24) is 9.88 Å². The highest BCUT2D eigenvalue weighted by atomic mass is 16.1. The zero-order valence-electron chi connectivity index (χ0n) is 16.6. The SMILES string of the molecule is CCCn1c(C)cc(/C=C(\C#N)C(=O)NCCN(C)c2ccccc2)c1C. The summed E-state index contributed by atoms with van der Waals surface area (Å²) in [6.07, 6.45) is 2.73. The first-order chi connectivity index (χ1) is 13.0. The predicted molar refractivity (Wildman–Crippen MR) is 111 cm³/mol. The van der Waals surface area contributed by atoms with Gasteiger partial charge in [-0.3, -0.25) is 4.79 Å². The van der Waals surface area contributed by atoms with Crippen LogP contribution in [0.5, 0.6) is 0 Å². The topological polar surface area (TPSA) is 61.1 Å². The van der Waals surface area contributed by atoms with Crippen molar-refractivity contribution < 1.29 is 4.79 Å². The molecule has 5 nitrogen and oxygen atoms in total. The first-order valence-corrected chi connectivity index (χ1v) is 9.30. The van der Waals surface area contributed by atoms with Crippen molar-refractivity contribution in [3.63, 3.8) is 0 Å². The number of nitriles is 1. The number of amides is 1. The van der Waals surface area contributed by atoms with Crippen molar-refractivity contribution in [3.8, 4) is 6.07 Å². The van der Waals surface area contributed by atoms with E-state index in [-0.39, 0.29) is 11.5 Å². The molecule has 1 aromatic heterocycles. The maximum atomic E-state index is 12.4. The molecule has 142 valence electrons. The predicted octanol–water partition coefficient (Wildman–Crippen LogP) is 3.67. The quantitative estimate of drug-likeness (QED) is 0.574. The van der Waals surface area contributed by atoms with Gasteiger partial charge >= 0.3 is 0 Å². The fourth-order valence-corrected chi connectivity index (χ4v) is 3.09. The Labute approximate surface area is 161 Å². The van der Waals surface area contributed by atoms with Gasteiger partial charge in [-0.15, -0.1) is 0 Å². The van der Waals surface area contributed by atoms with E-state index in [2.05, 4.69) is 21.7 Å². The molecule has 2 aromatic rings. The average molecular weight is 364 g/mol. The van der Waals surface area contributed by atoms with E-state index in [0.717, 1.165) is 35.6 Å². The normalized spacial score (nSPS) is 11.1. The Bertz CT molecular complexity index is 843. The monoisotopic (exact) mass is 364 g/mol. The van der Waals surface area contributed by atoms with Gasteiger partial charge in [0.1, 0.15) is 11.6 Å². The van der Waals surface area contributed by atoms with Gasteiger partial charge in [-0.25, -0.2) is 0 Å². The minimum Gasteiger partial charge on any atom is -0.373 e. The van der Waals surface area contributed by atoms with Gasteiger partial charge in [0.2, 0.25) is 0 Å². The van der Waals surface area contributed by atoms with Gasteiger partial charge < -0.3 is 14.8 Å². The van der Waals surface area contributed by atoms with Gasteiger partial charge in [0, 0.05) is 43.8 Å². The maximum absolute atomic E-state index is 12.4. The van der Waals surface area contributed by atoms with E-state index < -0.39 is 0 Å². The van der Waals surface area contributed by atoms with Crippen LogP contribution in [0, 0.1) is 25.2 Å². The van der Waals surface area contributed by atoms with Crippen LogP contribution in [-0.4, -0.2) is 30.6 Å². The standard InChI is InChI=1S/C22H28N4O/c1-5-12-26-17(2)14-19(18(26)3)15-20(16-23)22(27)24-11-13-25(4)21-9-7-6-8-10-21/h6-10,14-15H,5,11-13H2,1-4H3,(H,24,27)/b20-15+. The lowest BCUT2D eigenvalue weighted by Crippen LogP contribution is -2.33. The molecule has 0 aliphatic rings. The fraction of sp³-hybridized carbons (Fsp3) is 0.364. The third-order valence-electron chi connectivity index (χ3n) is 4.65. The molecule has 1 aromatic carbocycles. The summed E-state index contributed by atoms with van der Waals surface area (Å²) in [5.41, 5.74) is 4.37. The Kier molecular flexibility index (Phi) is 7.25. The molecule has 1 amide bonds. The molecule has 1 heterocycles. The molecule has 0 saturated heterocycles. The van der Waals surface area contributed by atoms with E-state index >= 15 is 0 Å². The van der Waals surface area contributed by atoms with E-state index in [9.17, 15) is 10.1 Å². The second-order valence-corrected chi connectivity index (χ2v) is 6.66. The number of carbonyl (C=O) groups excluding carboxylic acids is 1. The molecule has 0 atom stereocenters. The highest BCUT2D eigenvalue weighted by Crippen LogP contribution is 2.18. The molecule has 0 saturated carbocycles. The van der Waals surface area contributed by atoms with Crippen molar-refractivity contribution in [2.75, 3.05) is 25.0 Å². The minimum absolute atomic E-state index is 0.133. The zero-order valence-corrected chi connectivity index (χ0v) is 16.6. The number of hydrogen-bond donors (Lipinski definition) is 1. The largest absolute Gasteiger partial charge is 0.373 e. The number of para-hydroxylation sites is 1. The van der Waals surface area contributed by atoms with Gasteiger partial charge in [-0.2, -0.15) is 5.26 Å². The van der Waals surface area contributed by atoms with Crippen LogP contribution in [0.1, 0.15) is 30.3 Å². The number of carbonyl (C=O) groups is 1. The highest BCUT2D eigenvalue weighted by Gasteiger charge is 2.12. The Morgan fingerprint density at radius 1 is 1.30 bits per heavy atom. The lowest BCUT2D eigenvalue weighted by Gasteiger charge is -2.19. The van der Waals surface area contributed by atoms with Crippen molar-refractivity contribution in [2.24, 2.45) is 0 Å². The summed E-state index contributed by atoms with van der Waals surface area (Å²) in [6, 6.07) is 14.0. The number of nitrogens with one attached hydrogen (secondary N) is 1. The van der Waals surface area contributed by atoms with Crippen LogP contribution in [-0.2, 0) is 11.3 Å². The minimum atomic E-state index is -0.334. The molecule has 27 heavy (non-hydrogen) atoms. The Balaban J connectivity index is 2.01. The Morgan fingerprint density at radius 3 is 2.63 bits per heavy atom. The van der Waals surface area contributed by atoms with Crippen LogP contribution in [0.2, 0.25) is 0 Å². The van der Waals surface area contributed by atoms with Crippen LogP contribution in [0.15, 0.2) is 42.0 Å². The maximum Gasteiger partial charge on any atom is 0.262 e. The first-order valence-electron chi connectivity index (χ1n) is 9.30. The second-order valence-electron chi connectivity index (χ2n) is 6.66. The van der Waals surface area contributed by atoms with Gasteiger partial charge in [0.15, 0.2) is 0 Å². The fourth-order valence-electron chi connectivity index (χ4n) is 3.09. The molecule has 0 unspecified atom stereocenters. The van der Waals surface area contributed by atoms with Crippen LogP contribution in [0.3, 0.4) is 0 Å². The summed E-state index contributed by atoms with van der Waals surface area (Å²) in [4.78, 5) is 14.5. The molecular weight excluding hydrogens is 336 g/mol. The average Bonchev–Trinajstić information content (AvgIpc) is 2.94. The summed E-state index contributed by atoms with van der Waals surface area (Å²) in [7, 11) is 1.98. The van der Waals surface area contributed by atoms with E-state index in [1.165, 1.54) is 0 Å². The van der Waals surface area contributed by atoms with Crippen LogP contribution in [0.25, 0.3) is 6.08 Å². The molecule has 1 N–H and O–H groups in total. The molecule has 0 aliphatic carbocycles. The van der Waals surface area contributed by atoms with Gasteiger partial charge in [0.05, 0.1) is 0 Å². The smallest absolute Gasteiger partial charge is 0.262 e. The lowest BCUT2D eigenvalue weighted by atomic mass is 10.1. The van der Waals surface area contributed by atoms with Crippen LogP contribution in [0.4, 0.5) is 5.69 Å². The molecule has 0 spiro atoms. The Morgan fingerprint density at radius 2 is 2.00 bits per heavy atom.